The molecule has 0 saturated heterocycles. The lowest BCUT2D eigenvalue weighted by Crippen LogP contribution is -1.99. The summed E-state index contributed by atoms with van der Waals surface area (Å²) >= 11 is 6.14. The van der Waals surface area contributed by atoms with E-state index in [2.05, 4.69) is 0 Å². The van der Waals surface area contributed by atoms with Crippen LogP contribution < -0.4 is 9.47 Å². The van der Waals surface area contributed by atoms with Gasteiger partial charge in [0.25, 0.3) is 0 Å². The van der Waals surface area contributed by atoms with Crippen LogP contribution in [0.15, 0.2) is 18.2 Å². The van der Waals surface area contributed by atoms with Gasteiger partial charge in [-0.2, -0.15) is 0 Å². The lowest BCUT2D eigenvalue weighted by Gasteiger charge is -2.10. The molecule has 1 rings (SSSR count). The first-order valence-corrected chi connectivity index (χ1v) is 5.77. The zero-order valence-electron chi connectivity index (χ0n) is 10.5. The van der Waals surface area contributed by atoms with Crippen LogP contribution in [0.1, 0.15) is 12.5 Å². The molecule has 0 heterocycles. The summed E-state index contributed by atoms with van der Waals surface area (Å²) in [4.78, 5) is 11.2. The molecule has 0 bridgehead atoms. The molecule has 5 heteroatoms. The predicted molar refractivity (Wildman–Crippen MR) is 70.2 cm³/mol. The SMILES string of the molecule is CCOC(=O)C=Cc1ccc(OC)c(OC)c1Cl. The molecule has 0 saturated carbocycles. The molecule has 0 aliphatic rings. The molecule has 0 N–H and O–H groups in total. The van der Waals surface area contributed by atoms with Gasteiger partial charge in [-0.25, -0.2) is 4.79 Å². The number of carbonyl (C=O) groups is 1. The first-order chi connectivity index (χ1) is 8.63. The Morgan fingerprint density at radius 2 is 2.06 bits per heavy atom. The van der Waals surface area contributed by atoms with Gasteiger partial charge in [-0.05, 0) is 30.7 Å². The highest BCUT2D eigenvalue weighted by Gasteiger charge is 2.11. The Morgan fingerprint density at radius 3 is 2.61 bits per heavy atom. The van der Waals surface area contributed by atoms with Crippen molar-refractivity contribution in [3.8, 4) is 11.5 Å². The van der Waals surface area contributed by atoms with Crippen LogP contribution >= 0.6 is 11.6 Å². The van der Waals surface area contributed by atoms with Crippen molar-refractivity contribution < 1.29 is 19.0 Å². The van der Waals surface area contributed by atoms with E-state index >= 15 is 0 Å². The zero-order valence-corrected chi connectivity index (χ0v) is 11.3. The first-order valence-electron chi connectivity index (χ1n) is 5.39. The Bertz CT molecular complexity index is 455. The number of ether oxygens (including phenoxy) is 3. The lowest BCUT2D eigenvalue weighted by molar-refractivity contribution is -0.137. The highest BCUT2D eigenvalue weighted by Crippen LogP contribution is 2.37. The maximum Gasteiger partial charge on any atom is 0.330 e. The summed E-state index contributed by atoms with van der Waals surface area (Å²) in [7, 11) is 3.03. The number of hydrogen-bond acceptors (Lipinski definition) is 4. The molecule has 0 fully saturated rings. The molecular formula is C13H15ClO4. The number of esters is 1. The van der Waals surface area contributed by atoms with Crippen molar-refractivity contribution in [2.75, 3.05) is 20.8 Å². The van der Waals surface area contributed by atoms with Crippen molar-refractivity contribution >= 4 is 23.6 Å². The summed E-state index contributed by atoms with van der Waals surface area (Å²) in [6, 6.07) is 3.45. The van der Waals surface area contributed by atoms with E-state index in [0.29, 0.717) is 28.7 Å². The second-order valence-electron chi connectivity index (χ2n) is 3.29. The van der Waals surface area contributed by atoms with Gasteiger partial charge < -0.3 is 14.2 Å². The molecule has 0 spiro atoms. The van der Waals surface area contributed by atoms with E-state index in [9.17, 15) is 4.79 Å². The average Bonchev–Trinajstić information content (AvgIpc) is 2.37. The van der Waals surface area contributed by atoms with Crippen LogP contribution in [-0.2, 0) is 9.53 Å². The maximum absolute atomic E-state index is 11.2. The molecule has 0 aliphatic carbocycles. The highest BCUT2D eigenvalue weighted by molar-refractivity contribution is 6.33. The molecular weight excluding hydrogens is 256 g/mol. The Kier molecular flexibility index (Phi) is 5.52. The van der Waals surface area contributed by atoms with Gasteiger partial charge >= 0.3 is 5.97 Å². The minimum absolute atomic E-state index is 0.336. The fourth-order valence-electron chi connectivity index (χ4n) is 1.38. The third-order valence-electron chi connectivity index (χ3n) is 2.20. The quantitative estimate of drug-likeness (QED) is 0.610. The van der Waals surface area contributed by atoms with E-state index in [0.717, 1.165) is 0 Å². The molecule has 0 atom stereocenters. The maximum atomic E-state index is 11.2. The van der Waals surface area contributed by atoms with Crippen LogP contribution in [0.3, 0.4) is 0 Å². The molecule has 0 unspecified atom stereocenters. The minimum Gasteiger partial charge on any atom is -0.493 e. The largest absolute Gasteiger partial charge is 0.493 e. The van der Waals surface area contributed by atoms with Crippen molar-refractivity contribution in [1.29, 1.82) is 0 Å². The number of carbonyl (C=O) groups excluding carboxylic acids is 1. The van der Waals surface area contributed by atoms with Gasteiger partial charge in [0.15, 0.2) is 11.5 Å². The zero-order chi connectivity index (χ0) is 13.5. The minimum atomic E-state index is -0.414. The third-order valence-corrected chi connectivity index (χ3v) is 2.59. The Balaban J connectivity index is 3.01. The normalized spacial score (nSPS) is 10.4. The second-order valence-corrected chi connectivity index (χ2v) is 3.67. The van der Waals surface area contributed by atoms with Crippen molar-refractivity contribution in [2.45, 2.75) is 6.92 Å². The molecule has 0 radical (unpaired) electrons. The van der Waals surface area contributed by atoms with Crippen molar-refractivity contribution in [1.82, 2.24) is 0 Å². The van der Waals surface area contributed by atoms with Crippen LogP contribution in [0.25, 0.3) is 6.08 Å². The molecule has 0 aliphatic heterocycles. The van der Waals surface area contributed by atoms with Gasteiger partial charge in [-0.1, -0.05) is 11.6 Å². The van der Waals surface area contributed by atoms with Crippen molar-refractivity contribution in [3.63, 3.8) is 0 Å². The Morgan fingerprint density at radius 1 is 1.33 bits per heavy atom. The molecule has 4 nitrogen and oxygen atoms in total. The van der Waals surface area contributed by atoms with E-state index in [1.54, 1.807) is 25.1 Å². The van der Waals surface area contributed by atoms with E-state index < -0.39 is 5.97 Å². The van der Waals surface area contributed by atoms with Gasteiger partial charge in [0.05, 0.1) is 25.8 Å². The van der Waals surface area contributed by atoms with Crippen LogP contribution in [0, 0.1) is 0 Å². The standard InChI is InChI=1S/C13H15ClO4/c1-4-18-11(15)8-6-9-5-7-10(16-2)13(17-3)12(9)14/h5-8H,4H2,1-3H3. The Hall–Kier alpha value is -1.68. The van der Waals surface area contributed by atoms with Gasteiger partial charge in [-0.3, -0.25) is 0 Å². The average molecular weight is 271 g/mol. The molecule has 0 amide bonds. The number of methoxy groups -OCH3 is 2. The fraction of sp³-hybridized carbons (Fsp3) is 0.308. The third kappa shape index (κ3) is 3.40. The topological polar surface area (TPSA) is 44.8 Å². The Labute approximate surface area is 111 Å². The highest BCUT2D eigenvalue weighted by atomic mass is 35.5. The molecule has 1 aromatic carbocycles. The molecule has 0 aromatic heterocycles. The van der Waals surface area contributed by atoms with Gasteiger partial charge in [0.1, 0.15) is 0 Å². The number of benzene rings is 1. The number of hydrogen-bond donors (Lipinski definition) is 0. The van der Waals surface area contributed by atoms with Gasteiger partial charge in [0, 0.05) is 6.08 Å². The van der Waals surface area contributed by atoms with Crippen LogP contribution in [0.5, 0.6) is 11.5 Å². The van der Waals surface area contributed by atoms with E-state index in [4.69, 9.17) is 25.8 Å². The summed E-state index contributed by atoms with van der Waals surface area (Å²) in [6.45, 7) is 2.08. The molecule has 18 heavy (non-hydrogen) atoms. The van der Waals surface area contributed by atoms with Gasteiger partial charge in [0.2, 0.25) is 0 Å². The molecule has 1 aromatic rings. The number of rotatable bonds is 5. The van der Waals surface area contributed by atoms with Gasteiger partial charge in [-0.15, -0.1) is 0 Å². The van der Waals surface area contributed by atoms with Crippen LogP contribution in [0.4, 0.5) is 0 Å². The predicted octanol–water partition coefficient (Wildman–Crippen LogP) is 2.93. The number of halogens is 1. The summed E-state index contributed by atoms with van der Waals surface area (Å²) in [5.74, 6) is 0.560. The van der Waals surface area contributed by atoms with E-state index in [1.165, 1.54) is 20.3 Å². The summed E-state index contributed by atoms with van der Waals surface area (Å²) in [5.41, 5.74) is 0.655. The molecule has 98 valence electrons. The monoisotopic (exact) mass is 270 g/mol. The van der Waals surface area contributed by atoms with E-state index in [1.807, 2.05) is 0 Å². The summed E-state index contributed by atoms with van der Waals surface area (Å²) in [6.07, 6.45) is 2.89. The first kappa shape index (κ1) is 14.4. The van der Waals surface area contributed by atoms with Crippen LogP contribution in [-0.4, -0.2) is 26.8 Å². The van der Waals surface area contributed by atoms with Crippen molar-refractivity contribution in [2.24, 2.45) is 0 Å². The van der Waals surface area contributed by atoms with E-state index in [-0.39, 0.29) is 0 Å². The lowest BCUT2D eigenvalue weighted by atomic mass is 10.2. The summed E-state index contributed by atoms with van der Waals surface area (Å²) in [5, 5.41) is 0.386. The fourth-order valence-corrected chi connectivity index (χ4v) is 1.68. The van der Waals surface area contributed by atoms with Crippen LogP contribution in [0.2, 0.25) is 5.02 Å². The summed E-state index contributed by atoms with van der Waals surface area (Å²) < 4.78 is 15.0. The smallest absolute Gasteiger partial charge is 0.330 e. The van der Waals surface area contributed by atoms with Crippen molar-refractivity contribution in [3.05, 3.63) is 28.8 Å². The second kappa shape index (κ2) is 6.91.